The standard InChI is InChI=1S/C14H19NO5S/c1-15-14(16)11-3-4-12-10(9-11)5-7-19-13(12)6-8-20-21(2,17)18/h3-4,9,13H,5-8H2,1-2H3,(H,15,16)/t13-/m0/s1. The fraction of sp³-hybridized carbons (Fsp3) is 0.500. The van der Waals surface area contributed by atoms with Crippen molar-refractivity contribution in [1.82, 2.24) is 5.32 Å². The molecule has 1 atom stereocenters. The van der Waals surface area contributed by atoms with E-state index in [1.807, 2.05) is 12.1 Å². The molecule has 0 aliphatic carbocycles. The van der Waals surface area contributed by atoms with E-state index in [9.17, 15) is 13.2 Å². The average Bonchev–Trinajstić information content (AvgIpc) is 2.44. The number of rotatable bonds is 5. The molecule has 1 amide bonds. The summed E-state index contributed by atoms with van der Waals surface area (Å²) in [5, 5.41) is 2.59. The van der Waals surface area contributed by atoms with Crippen molar-refractivity contribution in [1.29, 1.82) is 0 Å². The molecular formula is C14H19NO5S. The van der Waals surface area contributed by atoms with E-state index in [4.69, 9.17) is 8.92 Å². The summed E-state index contributed by atoms with van der Waals surface area (Å²) >= 11 is 0. The number of benzene rings is 1. The number of ether oxygens (including phenoxy) is 1. The Balaban J connectivity index is 2.10. The second kappa shape index (κ2) is 6.55. The van der Waals surface area contributed by atoms with Gasteiger partial charge in [0.2, 0.25) is 0 Å². The molecule has 1 heterocycles. The summed E-state index contributed by atoms with van der Waals surface area (Å²) in [4.78, 5) is 11.6. The van der Waals surface area contributed by atoms with E-state index in [0.29, 0.717) is 18.6 Å². The third kappa shape index (κ3) is 4.26. The molecule has 1 aromatic carbocycles. The van der Waals surface area contributed by atoms with Crippen molar-refractivity contribution >= 4 is 16.0 Å². The monoisotopic (exact) mass is 313 g/mol. The van der Waals surface area contributed by atoms with Gasteiger partial charge < -0.3 is 10.1 Å². The van der Waals surface area contributed by atoms with Crippen LogP contribution in [0.2, 0.25) is 0 Å². The first-order valence-electron chi connectivity index (χ1n) is 6.71. The highest BCUT2D eigenvalue weighted by molar-refractivity contribution is 7.85. The van der Waals surface area contributed by atoms with Crippen LogP contribution in [0.25, 0.3) is 0 Å². The second-order valence-electron chi connectivity index (χ2n) is 4.92. The van der Waals surface area contributed by atoms with Crippen molar-refractivity contribution in [3.63, 3.8) is 0 Å². The molecule has 1 aliphatic heterocycles. The van der Waals surface area contributed by atoms with Crippen LogP contribution in [0.3, 0.4) is 0 Å². The molecule has 0 aromatic heterocycles. The summed E-state index contributed by atoms with van der Waals surface area (Å²) in [5.74, 6) is -0.124. The molecule has 0 radical (unpaired) electrons. The second-order valence-corrected chi connectivity index (χ2v) is 6.56. The van der Waals surface area contributed by atoms with Gasteiger partial charge >= 0.3 is 0 Å². The number of fused-ring (bicyclic) bond motifs is 1. The smallest absolute Gasteiger partial charge is 0.264 e. The lowest BCUT2D eigenvalue weighted by Crippen LogP contribution is -2.21. The Morgan fingerprint density at radius 1 is 1.48 bits per heavy atom. The molecule has 2 rings (SSSR count). The maximum Gasteiger partial charge on any atom is 0.264 e. The SMILES string of the molecule is CNC(=O)c1ccc2c(c1)CCO[C@H]2CCOS(C)(=O)=O. The van der Waals surface area contributed by atoms with E-state index in [0.717, 1.165) is 23.8 Å². The van der Waals surface area contributed by atoms with E-state index in [1.165, 1.54) is 0 Å². The van der Waals surface area contributed by atoms with Gasteiger partial charge in [0.25, 0.3) is 16.0 Å². The van der Waals surface area contributed by atoms with Gasteiger partial charge in [0.05, 0.1) is 25.6 Å². The van der Waals surface area contributed by atoms with E-state index < -0.39 is 10.1 Å². The molecule has 0 saturated heterocycles. The number of carbonyl (C=O) groups is 1. The van der Waals surface area contributed by atoms with Crippen LogP contribution >= 0.6 is 0 Å². The van der Waals surface area contributed by atoms with Crippen LogP contribution in [-0.2, 0) is 25.5 Å². The Bertz CT molecular complexity index is 626. The van der Waals surface area contributed by atoms with Gasteiger partial charge in [0, 0.05) is 19.0 Å². The number of hydrogen-bond acceptors (Lipinski definition) is 5. The van der Waals surface area contributed by atoms with Gasteiger partial charge in [0.1, 0.15) is 0 Å². The van der Waals surface area contributed by atoms with Crippen molar-refractivity contribution in [2.45, 2.75) is 18.9 Å². The molecule has 6 nitrogen and oxygen atoms in total. The number of nitrogens with one attached hydrogen (secondary N) is 1. The van der Waals surface area contributed by atoms with Crippen molar-refractivity contribution in [2.75, 3.05) is 26.5 Å². The van der Waals surface area contributed by atoms with Gasteiger partial charge in [-0.1, -0.05) is 6.07 Å². The minimum Gasteiger partial charge on any atom is -0.373 e. The molecule has 0 unspecified atom stereocenters. The Kier molecular flexibility index (Phi) is 4.97. The molecule has 1 aromatic rings. The first-order valence-corrected chi connectivity index (χ1v) is 8.53. The fourth-order valence-electron chi connectivity index (χ4n) is 2.37. The van der Waals surface area contributed by atoms with E-state index in [-0.39, 0.29) is 18.6 Å². The third-order valence-corrected chi connectivity index (χ3v) is 3.94. The summed E-state index contributed by atoms with van der Waals surface area (Å²) in [6.45, 7) is 0.633. The van der Waals surface area contributed by atoms with Crippen molar-refractivity contribution in [2.24, 2.45) is 0 Å². The van der Waals surface area contributed by atoms with Crippen LogP contribution in [-0.4, -0.2) is 40.8 Å². The Labute approximate surface area is 124 Å². The van der Waals surface area contributed by atoms with Gasteiger partial charge in [-0.2, -0.15) is 8.42 Å². The highest BCUT2D eigenvalue weighted by atomic mass is 32.2. The Hall–Kier alpha value is -1.44. The number of carbonyl (C=O) groups excluding carboxylic acids is 1. The minimum atomic E-state index is -3.43. The normalized spacial score (nSPS) is 18.1. The van der Waals surface area contributed by atoms with Gasteiger partial charge in [-0.3, -0.25) is 8.98 Å². The maximum atomic E-state index is 11.6. The van der Waals surface area contributed by atoms with Crippen LogP contribution in [0.1, 0.15) is 34.0 Å². The van der Waals surface area contributed by atoms with Crippen LogP contribution in [0.15, 0.2) is 18.2 Å². The van der Waals surface area contributed by atoms with Gasteiger partial charge in [-0.15, -0.1) is 0 Å². The largest absolute Gasteiger partial charge is 0.373 e. The van der Waals surface area contributed by atoms with Crippen LogP contribution in [0.4, 0.5) is 0 Å². The topological polar surface area (TPSA) is 81.7 Å². The number of hydrogen-bond donors (Lipinski definition) is 1. The number of amides is 1. The van der Waals surface area contributed by atoms with E-state index in [2.05, 4.69) is 5.32 Å². The molecule has 0 bridgehead atoms. The maximum absolute atomic E-state index is 11.6. The molecule has 1 N–H and O–H groups in total. The van der Waals surface area contributed by atoms with Gasteiger partial charge in [0.15, 0.2) is 0 Å². The highest BCUT2D eigenvalue weighted by Gasteiger charge is 2.22. The Morgan fingerprint density at radius 3 is 2.90 bits per heavy atom. The molecule has 116 valence electrons. The zero-order valence-corrected chi connectivity index (χ0v) is 12.9. The van der Waals surface area contributed by atoms with E-state index >= 15 is 0 Å². The summed E-state index contributed by atoms with van der Waals surface area (Å²) in [7, 11) is -1.84. The van der Waals surface area contributed by atoms with E-state index in [1.54, 1.807) is 13.1 Å². The molecule has 0 saturated carbocycles. The van der Waals surface area contributed by atoms with Crippen LogP contribution in [0.5, 0.6) is 0 Å². The van der Waals surface area contributed by atoms with Crippen molar-refractivity contribution in [3.8, 4) is 0 Å². The first kappa shape index (κ1) is 15.9. The molecule has 0 spiro atoms. The predicted molar refractivity (Wildman–Crippen MR) is 77.6 cm³/mol. The lowest BCUT2D eigenvalue weighted by atomic mass is 9.94. The summed E-state index contributed by atoms with van der Waals surface area (Å²) in [5.41, 5.74) is 2.67. The van der Waals surface area contributed by atoms with Crippen LogP contribution in [0, 0.1) is 0 Å². The highest BCUT2D eigenvalue weighted by Crippen LogP contribution is 2.30. The molecule has 21 heavy (non-hydrogen) atoms. The van der Waals surface area contributed by atoms with Crippen molar-refractivity contribution in [3.05, 3.63) is 34.9 Å². The third-order valence-electron chi connectivity index (χ3n) is 3.35. The molecule has 7 heteroatoms. The molecule has 0 fully saturated rings. The zero-order valence-electron chi connectivity index (χ0n) is 12.1. The quantitative estimate of drug-likeness (QED) is 0.821. The molecule has 1 aliphatic rings. The summed E-state index contributed by atoms with van der Waals surface area (Å²) in [6, 6.07) is 5.47. The van der Waals surface area contributed by atoms with Gasteiger partial charge in [-0.25, -0.2) is 0 Å². The molecular weight excluding hydrogens is 294 g/mol. The zero-order chi connectivity index (χ0) is 15.5. The van der Waals surface area contributed by atoms with Gasteiger partial charge in [-0.05, 0) is 29.7 Å². The fourth-order valence-corrected chi connectivity index (χ4v) is 2.77. The summed E-state index contributed by atoms with van der Waals surface area (Å²) < 4.78 is 32.4. The van der Waals surface area contributed by atoms with Crippen LogP contribution < -0.4 is 5.32 Å². The lowest BCUT2D eigenvalue weighted by Gasteiger charge is -2.26. The summed E-state index contributed by atoms with van der Waals surface area (Å²) in [6.07, 6.45) is 2.02. The van der Waals surface area contributed by atoms with Crippen molar-refractivity contribution < 1.29 is 22.1 Å². The Morgan fingerprint density at radius 2 is 2.24 bits per heavy atom. The average molecular weight is 313 g/mol. The lowest BCUT2D eigenvalue weighted by molar-refractivity contribution is 0.0282. The predicted octanol–water partition coefficient (Wildman–Crippen LogP) is 1.03. The first-order chi connectivity index (χ1) is 9.90. The minimum absolute atomic E-state index is 0.0835.